The maximum atomic E-state index is 11.6. The van der Waals surface area contributed by atoms with Crippen LogP contribution in [0.4, 0.5) is 5.13 Å². The summed E-state index contributed by atoms with van der Waals surface area (Å²) in [7, 11) is 1.94. The van der Waals surface area contributed by atoms with E-state index in [4.69, 9.17) is 9.47 Å². The summed E-state index contributed by atoms with van der Waals surface area (Å²) in [5.41, 5.74) is 0.417. The molecule has 102 valence electrons. The van der Waals surface area contributed by atoms with Crippen LogP contribution in [0.2, 0.25) is 0 Å². The summed E-state index contributed by atoms with van der Waals surface area (Å²) in [4.78, 5) is 18.8. The third-order valence-corrected chi connectivity index (χ3v) is 3.44. The highest BCUT2D eigenvalue weighted by molar-refractivity contribution is 7.15. The zero-order valence-corrected chi connectivity index (χ0v) is 12.2. The number of carbonyl (C=O) groups is 1. The van der Waals surface area contributed by atoms with Crippen LogP contribution in [0, 0.1) is 6.92 Å². The van der Waals surface area contributed by atoms with Crippen LogP contribution in [0.5, 0.6) is 0 Å². The first-order valence-corrected chi connectivity index (χ1v) is 6.85. The topological polar surface area (TPSA) is 51.7 Å². The van der Waals surface area contributed by atoms with Crippen LogP contribution in [0.25, 0.3) is 0 Å². The molecule has 0 aliphatic rings. The molecular formula is C12H20N2O3S. The van der Waals surface area contributed by atoms with Crippen molar-refractivity contribution in [2.75, 3.05) is 38.3 Å². The van der Waals surface area contributed by atoms with E-state index in [2.05, 4.69) is 4.98 Å². The van der Waals surface area contributed by atoms with Gasteiger partial charge in [-0.2, -0.15) is 0 Å². The molecule has 0 N–H and O–H groups in total. The molecule has 0 spiro atoms. The van der Waals surface area contributed by atoms with Crippen LogP contribution in [0.1, 0.15) is 29.2 Å². The normalized spacial score (nSPS) is 10.4. The standard InChI is InChI=1S/C12H20N2O3S/c1-5-16-8-7-14(4)12-13-10(9(3)18-12)11(15)17-6-2/h5-8H2,1-4H3. The predicted octanol–water partition coefficient (Wildman–Crippen LogP) is 2.10. The average molecular weight is 272 g/mol. The van der Waals surface area contributed by atoms with Gasteiger partial charge in [0.1, 0.15) is 0 Å². The molecule has 1 heterocycles. The van der Waals surface area contributed by atoms with Gasteiger partial charge in [0.25, 0.3) is 0 Å². The first-order valence-electron chi connectivity index (χ1n) is 6.03. The van der Waals surface area contributed by atoms with Crippen molar-refractivity contribution in [3.63, 3.8) is 0 Å². The Kier molecular flexibility index (Phi) is 6.07. The van der Waals surface area contributed by atoms with Gasteiger partial charge >= 0.3 is 5.97 Å². The van der Waals surface area contributed by atoms with Gasteiger partial charge in [0.05, 0.1) is 13.2 Å². The minimum Gasteiger partial charge on any atom is -0.461 e. The van der Waals surface area contributed by atoms with Gasteiger partial charge < -0.3 is 14.4 Å². The Morgan fingerprint density at radius 3 is 2.72 bits per heavy atom. The average Bonchev–Trinajstić information content (AvgIpc) is 2.72. The molecule has 0 fully saturated rings. The molecule has 0 amide bonds. The molecule has 0 unspecified atom stereocenters. The first kappa shape index (κ1) is 14.9. The Hall–Kier alpha value is -1.14. The van der Waals surface area contributed by atoms with Gasteiger partial charge in [0, 0.05) is 25.1 Å². The molecule has 0 aliphatic heterocycles. The van der Waals surface area contributed by atoms with Gasteiger partial charge in [0.15, 0.2) is 10.8 Å². The molecule has 0 saturated heterocycles. The van der Waals surface area contributed by atoms with E-state index >= 15 is 0 Å². The van der Waals surface area contributed by atoms with Gasteiger partial charge in [-0.25, -0.2) is 9.78 Å². The molecule has 0 aliphatic carbocycles. The van der Waals surface area contributed by atoms with Crippen LogP contribution in [-0.2, 0) is 9.47 Å². The number of ether oxygens (including phenoxy) is 2. The summed E-state index contributed by atoms with van der Waals surface area (Å²) in [6.07, 6.45) is 0. The largest absolute Gasteiger partial charge is 0.461 e. The lowest BCUT2D eigenvalue weighted by Crippen LogP contribution is -2.22. The molecule has 1 rings (SSSR count). The highest BCUT2D eigenvalue weighted by atomic mass is 32.1. The number of hydrogen-bond donors (Lipinski definition) is 0. The lowest BCUT2D eigenvalue weighted by atomic mass is 10.4. The Morgan fingerprint density at radius 2 is 2.11 bits per heavy atom. The predicted molar refractivity (Wildman–Crippen MR) is 72.6 cm³/mol. The smallest absolute Gasteiger partial charge is 0.358 e. The maximum absolute atomic E-state index is 11.6. The molecule has 6 heteroatoms. The number of thiazole rings is 1. The molecule has 0 aromatic carbocycles. The van der Waals surface area contributed by atoms with E-state index in [1.807, 2.05) is 25.8 Å². The summed E-state index contributed by atoms with van der Waals surface area (Å²) in [5.74, 6) is -0.351. The Balaban J connectivity index is 2.67. The molecule has 0 saturated carbocycles. The summed E-state index contributed by atoms with van der Waals surface area (Å²) in [5, 5.41) is 0.815. The van der Waals surface area contributed by atoms with Gasteiger partial charge in [0.2, 0.25) is 0 Å². The van der Waals surface area contributed by atoms with E-state index in [0.29, 0.717) is 25.5 Å². The molecule has 0 radical (unpaired) electrons. The van der Waals surface area contributed by atoms with Crippen LogP contribution < -0.4 is 4.90 Å². The molecule has 0 bridgehead atoms. The number of likely N-dealkylation sites (N-methyl/N-ethyl adjacent to an activating group) is 1. The Labute approximate surface area is 112 Å². The highest BCUT2D eigenvalue weighted by Crippen LogP contribution is 2.25. The van der Waals surface area contributed by atoms with Crippen molar-refractivity contribution in [1.29, 1.82) is 0 Å². The molecular weight excluding hydrogens is 252 g/mol. The second kappa shape index (κ2) is 7.33. The number of aromatic nitrogens is 1. The van der Waals surface area contributed by atoms with Crippen LogP contribution in [-0.4, -0.2) is 44.4 Å². The summed E-state index contributed by atoms with van der Waals surface area (Å²) in [6, 6.07) is 0. The van der Waals surface area contributed by atoms with E-state index in [1.54, 1.807) is 6.92 Å². The SMILES string of the molecule is CCOCCN(C)c1nc(C(=O)OCC)c(C)s1. The zero-order chi connectivity index (χ0) is 13.5. The van der Waals surface area contributed by atoms with Crippen molar-refractivity contribution < 1.29 is 14.3 Å². The summed E-state index contributed by atoms with van der Waals surface area (Å²) in [6.45, 7) is 8.11. The second-order valence-electron chi connectivity index (χ2n) is 3.74. The number of esters is 1. The fourth-order valence-corrected chi connectivity index (χ4v) is 2.26. The molecule has 1 aromatic rings. The third-order valence-electron chi connectivity index (χ3n) is 2.36. The summed E-state index contributed by atoms with van der Waals surface area (Å²) < 4.78 is 10.3. The van der Waals surface area contributed by atoms with Crippen LogP contribution in [0.3, 0.4) is 0 Å². The van der Waals surface area contributed by atoms with E-state index in [9.17, 15) is 4.79 Å². The number of hydrogen-bond acceptors (Lipinski definition) is 6. The van der Waals surface area contributed by atoms with E-state index < -0.39 is 0 Å². The number of carbonyl (C=O) groups excluding carboxylic acids is 1. The molecule has 5 nitrogen and oxygen atoms in total. The molecule has 0 atom stereocenters. The van der Waals surface area contributed by atoms with Gasteiger partial charge in [-0.3, -0.25) is 0 Å². The Morgan fingerprint density at radius 1 is 1.39 bits per heavy atom. The number of anilines is 1. The number of aryl methyl sites for hydroxylation is 1. The van der Waals surface area contributed by atoms with Crippen molar-refractivity contribution in [3.05, 3.63) is 10.6 Å². The first-order chi connectivity index (χ1) is 8.60. The minimum absolute atomic E-state index is 0.351. The van der Waals surface area contributed by atoms with Crippen LogP contribution in [0.15, 0.2) is 0 Å². The van der Waals surface area contributed by atoms with Gasteiger partial charge in [-0.1, -0.05) is 0 Å². The maximum Gasteiger partial charge on any atom is 0.358 e. The molecule has 18 heavy (non-hydrogen) atoms. The highest BCUT2D eigenvalue weighted by Gasteiger charge is 2.18. The zero-order valence-electron chi connectivity index (χ0n) is 11.4. The fraction of sp³-hybridized carbons (Fsp3) is 0.667. The third kappa shape index (κ3) is 3.96. The van der Waals surface area contributed by atoms with E-state index in [-0.39, 0.29) is 5.97 Å². The number of rotatable bonds is 7. The van der Waals surface area contributed by atoms with Crippen molar-refractivity contribution >= 4 is 22.4 Å². The lowest BCUT2D eigenvalue weighted by molar-refractivity contribution is 0.0519. The Bertz CT molecular complexity index is 393. The number of nitrogens with zero attached hydrogens (tertiary/aromatic N) is 2. The van der Waals surface area contributed by atoms with Crippen molar-refractivity contribution in [2.24, 2.45) is 0 Å². The van der Waals surface area contributed by atoms with E-state index in [1.165, 1.54) is 11.3 Å². The van der Waals surface area contributed by atoms with Gasteiger partial charge in [-0.15, -0.1) is 11.3 Å². The minimum atomic E-state index is -0.351. The van der Waals surface area contributed by atoms with Crippen molar-refractivity contribution in [2.45, 2.75) is 20.8 Å². The van der Waals surface area contributed by atoms with Crippen LogP contribution >= 0.6 is 11.3 Å². The molecule has 1 aromatic heterocycles. The van der Waals surface area contributed by atoms with Gasteiger partial charge in [-0.05, 0) is 20.8 Å². The quantitative estimate of drug-likeness (QED) is 0.562. The fourth-order valence-electron chi connectivity index (χ4n) is 1.38. The van der Waals surface area contributed by atoms with E-state index in [0.717, 1.165) is 16.6 Å². The monoisotopic (exact) mass is 272 g/mol. The van der Waals surface area contributed by atoms with Crippen molar-refractivity contribution in [1.82, 2.24) is 4.98 Å². The summed E-state index contributed by atoms with van der Waals surface area (Å²) >= 11 is 1.49. The second-order valence-corrected chi connectivity index (χ2v) is 4.92. The lowest BCUT2D eigenvalue weighted by Gasteiger charge is -2.14. The van der Waals surface area contributed by atoms with Crippen molar-refractivity contribution in [3.8, 4) is 0 Å².